The van der Waals surface area contributed by atoms with E-state index >= 15 is 0 Å². The standard InChI is InChI=1S/C31H34N2O11/c1-14-26(36)17(32-33-8-3-4-9-33)10-21(43-14)44-19-12-31(41,20(35)13-34)11-16-23(19)30(40)25-24(28(16)38)27(37)15-6-5-7-18(42-2)22(15)29(25)39/h3,5-8,14,17,19,21,26,32,34,36,38,40-41H,4,9-13H2,1-2H3/t14?,17?,19-,21?,26?,31-/m1/s1. The first-order valence-corrected chi connectivity index (χ1v) is 14.4. The highest BCUT2D eigenvalue weighted by Crippen LogP contribution is 2.52. The predicted molar refractivity (Wildman–Crippen MR) is 151 cm³/mol. The third kappa shape index (κ3) is 4.76. The van der Waals surface area contributed by atoms with Crippen LogP contribution in [0.3, 0.4) is 0 Å². The number of carbonyl (C=O) groups is 3. The molecule has 2 aromatic carbocycles. The van der Waals surface area contributed by atoms with E-state index in [-0.39, 0.29) is 34.4 Å². The molecule has 4 unspecified atom stereocenters. The van der Waals surface area contributed by atoms with Crippen molar-refractivity contribution in [3.63, 3.8) is 0 Å². The molecule has 6 rings (SSSR count). The maximum Gasteiger partial charge on any atom is 0.202 e. The van der Waals surface area contributed by atoms with Gasteiger partial charge in [0.05, 0.1) is 48.2 Å². The molecule has 2 aromatic rings. The zero-order chi connectivity index (χ0) is 31.5. The SMILES string of the molecule is COc1cccc2c1C(=O)c1c(O)c3c(c(O)c1C2=O)C[C@](O)(C(=O)CO)C[C@H]3OC1CC(NN2C=CCC2)C(O)C(C)O1. The Kier molecular flexibility index (Phi) is 7.72. The Balaban J connectivity index is 1.44. The second-order valence-corrected chi connectivity index (χ2v) is 11.6. The summed E-state index contributed by atoms with van der Waals surface area (Å²) in [5.74, 6) is -3.71. The number of rotatable bonds is 7. The number of nitrogens with zero attached hydrogens (tertiary/aromatic N) is 1. The summed E-state index contributed by atoms with van der Waals surface area (Å²) < 4.78 is 17.5. The molecule has 0 amide bonds. The molecule has 2 aliphatic carbocycles. The Morgan fingerprint density at radius 3 is 2.59 bits per heavy atom. The van der Waals surface area contributed by atoms with Crippen molar-refractivity contribution in [3.05, 3.63) is 63.9 Å². The van der Waals surface area contributed by atoms with E-state index in [2.05, 4.69) is 5.43 Å². The Hall–Kier alpha value is -3.85. The largest absolute Gasteiger partial charge is 0.507 e. The number of aliphatic hydroxyl groups is 3. The maximum atomic E-state index is 13.8. The van der Waals surface area contributed by atoms with E-state index in [1.54, 1.807) is 6.92 Å². The highest BCUT2D eigenvalue weighted by atomic mass is 16.7. The van der Waals surface area contributed by atoms with Crippen LogP contribution in [-0.2, 0) is 20.7 Å². The molecule has 13 nitrogen and oxygen atoms in total. The first-order valence-electron chi connectivity index (χ1n) is 14.4. The van der Waals surface area contributed by atoms with Crippen LogP contribution in [0.25, 0.3) is 0 Å². The number of fused-ring (bicyclic) bond motifs is 3. The van der Waals surface area contributed by atoms with E-state index in [1.165, 1.54) is 25.3 Å². The van der Waals surface area contributed by atoms with Crippen LogP contribution in [-0.4, -0.2) is 98.3 Å². The second kappa shape index (κ2) is 11.3. The number of aromatic hydroxyl groups is 2. The summed E-state index contributed by atoms with van der Waals surface area (Å²) in [5, 5.41) is 56.9. The number of hydrazine groups is 1. The third-order valence-corrected chi connectivity index (χ3v) is 8.91. The lowest BCUT2D eigenvalue weighted by molar-refractivity contribution is -0.252. The number of methoxy groups -OCH3 is 1. The van der Waals surface area contributed by atoms with Crippen molar-refractivity contribution in [1.82, 2.24) is 10.4 Å². The van der Waals surface area contributed by atoms with Gasteiger partial charge in [-0.15, -0.1) is 0 Å². The maximum absolute atomic E-state index is 13.8. The monoisotopic (exact) mass is 610 g/mol. The van der Waals surface area contributed by atoms with Gasteiger partial charge in [0.15, 0.2) is 17.9 Å². The van der Waals surface area contributed by atoms with Gasteiger partial charge in [-0.25, -0.2) is 5.43 Å². The number of phenolic OH excluding ortho intramolecular Hbond substituents is 2. The molecule has 6 N–H and O–H groups in total. The van der Waals surface area contributed by atoms with Crippen LogP contribution < -0.4 is 10.2 Å². The number of aliphatic hydroxyl groups excluding tert-OH is 2. The normalized spacial score (nSPS) is 29.3. The number of Topliss-reactive ketones (excluding diaryl/α,β-unsaturated/α-hetero) is 1. The number of phenols is 2. The molecule has 44 heavy (non-hydrogen) atoms. The molecule has 1 fully saturated rings. The molecule has 0 radical (unpaired) electrons. The molecular weight excluding hydrogens is 576 g/mol. The van der Waals surface area contributed by atoms with Crippen LogP contribution >= 0.6 is 0 Å². The number of nitrogens with one attached hydrogen (secondary N) is 1. The molecule has 0 aromatic heterocycles. The molecule has 0 bridgehead atoms. The first kappa shape index (κ1) is 30.2. The molecule has 4 aliphatic rings. The fraction of sp³-hybridized carbons (Fsp3) is 0.452. The number of hydrogen-bond donors (Lipinski definition) is 6. The second-order valence-electron chi connectivity index (χ2n) is 11.6. The highest BCUT2D eigenvalue weighted by Gasteiger charge is 2.50. The van der Waals surface area contributed by atoms with Gasteiger partial charge in [-0.2, -0.15) is 0 Å². The van der Waals surface area contributed by atoms with Crippen molar-refractivity contribution in [3.8, 4) is 17.2 Å². The average molecular weight is 611 g/mol. The fourth-order valence-corrected chi connectivity index (χ4v) is 6.65. The van der Waals surface area contributed by atoms with Crippen LogP contribution in [0.5, 0.6) is 17.2 Å². The number of carbonyl (C=O) groups excluding carboxylic acids is 3. The van der Waals surface area contributed by atoms with Gasteiger partial charge >= 0.3 is 0 Å². The highest BCUT2D eigenvalue weighted by molar-refractivity contribution is 6.31. The van der Waals surface area contributed by atoms with Crippen molar-refractivity contribution in [2.24, 2.45) is 0 Å². The molecule has 2 heterocycles. The molecule has 0 saturated carbocycles. The molecule has 2 aliphatic heterocycles. The molecule has 1 saturated heterocycles. The minimum atomic E-state index is -2.24. The average Bonchev–Trinajstić information content (AvgIpc) is 3.52. The van der Waals surface area contributed by atoms with Gasteiger partial charge in [0.2, 0.25) is 5.78 Å². The van der Waals surface area contributed by atoms with E-state index in [4.69, 9.17) is 14.2 Å². The Bertz CT molecular complexity index is 1570. The summed E-state index contributed by atoms with van der Waals surface area (Å²) >= 11 is 0. The van der Waals surface area contributed by atoms with E-state index in [1.807, 2.05) is 17.3 Å². The van der Waals surface area contributed by atoms with Crippen molar-refractivity contribution in [2.75, 3.05) is 20.3 Å². The summed E-state index contributed by atoms with van der Waals surface area (Å²) in [6.45, 7) is 1.35. The van der Waals surface area contributed by atoms with Gasteiger partial charge in [0.1, 0.15) is 29.5 Å². The number of ether oxygens (including phenoxy) is 3. The minimum Gasteiger partial charge on any atom is -0.507 e. The van der Waals surface area contributed by atoms with Gasteiger partial charge in [-0.3, -0.25) is 14.4 Å². The molecule has 13 heteroatoms. The minimum absolute atomic E-state index is 0.0451. The van der Waals surface area contributed by atoms with Crippen LogP contribution in [0.2, 0.25) is 0 Å². The van der Waals surface area contributed by atoms with Crippen molar-refractivity contribution < 1.29 is 54.1 Å². The van der Waals surface area contributed by atoms with Crippen LogP contribution in [0.4, 0.5) is 0 Å². The Morgan fingerprint density at radius 2 is 1.91 bits per heavy atom. The summed E-state index contributed by atoms with van der Waals surface area (Å²) in [7, 11) is 1.33. The summed E-state index contributed by atoms with van der Waals surface area (Å²) in [6, 6.07) is 3.89. The zero-order valence-electron chi connectivity index (χ0n) is 24.1. The molecule has 0 spiro atoms. The van der Waals surface area contributed by atoms with Crippen molar-refractivity contribution >= 4 is 17.3 Å². The van der Waals surface area contributed by atoms with Gasteiger partial charge in [-0.1, -0.05) is 18.2 Å². The van der Waals surface area contributed by atoms with Crippen LogP contribution in [0.1, 0.15) is 75.3 Å². The Morgan fingerprint density at radius 1 is 1.16 bits per heavy atom. The van der Waals surface area contributed by atoms with Crippen LogP contribution in [0, 0.1) is 0 Å². The number of benzene rings is 2. The van der Waals surface area contributed by atoms with Crippen LogP contribution in [0.15, 0.2) is 30.5 Å². The van der Waals surface area contributed by atoms with Gasteiger partial charge in [-0.05, 0) is 19.4 Å². The zero-order valence-corrected chi connectivity index (χ0v) is 24.1. The fourth-order valence-electron chi connectivity index (χ4n) is 6.65. The van der Waals surface area contributed by atoms with E-state index < -0.39 is 95.7 Å². The number of hydrogen-bond acceptors (Lipinski definition) is 13. The van der Waals surface area contributed by atoms with E-state index in [9.17, 15) is 39.9 Å². The molecule has 6 atom stereocenters. The van der Waals surface area contributed by atoms with Gasteiger partial charge in [0.25, 0.3) is 0 Å². The van der Waals surface area contributed by atoms with Crippen molar-refractivity contribution in [2.45, 2.75) is 68.9 Å². The predicted octanol–water partition coefficient (Wildman–Crippen LogP) is 0.767. The lowest BCUT2D eigenvalue weighted by Crippen LogP contribution is -2.57. The van der Waals surface area contributed by atoms with E-state index in [0.29, 0.717) is 6.54 Å². The summed E-state index contributed by atoms with van der Waals surface area (Å²) in [6.07, 6.45) is -0.207. The third-order valence-electron chi connectivity index (χ3n) is 8.91. The summed E-state index contributed by atoms with van der Waals surface area (Å²) in [5.41, 5.74) is -0.321. The van der Waals surface area contributed by atoms with Crippen molar-refractivity contribution in [1.29, 1.82) is 0 Å². The van der Waals surface area contributed by atoms with Gasteiger partial charge < -0.3 is 44.8 Å². The summed E-state index contributed by atoms with van der Waals surface area (Å²) in [4.78, 5) is 40.2. The molecular formula is C31H34N2O11. The first-order chi connectivity index (χ1) is 21.0. The lowest BCUT2D eigenvalue weighted by Gasteiger charge is -2.43. The number of ketones is 3. The topological polar surface area (TPSA) is 195 Å². The quantitative estimate of drug-likeness (QED) is 0.206. The van der Waals surface area contributed by atoms with Gasteiger partial charge in [0, 0.05) is 48.7 Å². The smallest absolute Gasteiger partial charge is 0.202 e. The Labute approximate surface area is 252 Å². The lowest BCUT2D eigenvalue weighted by atomic mass is 9.72. The van der Waals surface area contributed by atoms with E-state index in [0.717, 1.165) is 6.42 Å². The molecule has 234 valence electrons.